The largest absolute Gasteiger partial charge is 0.492 e. The Morgan fingerprint density at radius 2 is 2.05 bits per heavy atom. The van der Waals surface area contributed by atoms with Crippen LogP contribution in [0.25, 0.3) is 0 Å². The Labute approximate surface area is 131 Å². The van der Waals surface area contributed by atoms with Gasteiger partial charge in [-0.1, -0.05) is 26.0 Å². The summed E-state index contributed by atoms with van der Waals surface area (Å²) in [7, 11) is 4.17. The molecule has 1 aromatic rings. The van der Waals surface area contributed by atoms with Crippen molar-refractivity contribution in [2.45, 2.75) is 26.8 Å². The van der Waals surface area contributed by atoms with Gasteiger partial charge in [-0.15, -0.1) is 0 Å². The lowest BCUT2D eigenvalue weighted by atomic mass is 10.2. The first-order chi connectivity index (χ1) is 9.50. The number of ether oxygens (including phenoxy) is 1. The molecular weight excluding hydrogens is 316 g/mol. The summed E-state index contributed by atoms with van der Waals surface area (Å²) in [5.41, 5.74) is 1.21. The Morgan fingerprint density at radius 1 is 1.30 bits per heavy atom. The predicted octanol–water partition coefficient (Wildman–Crippen LogP) is 3.53. The molecule has 0 amide bonds. The number of para-hydroxylation sites is 1. The van der Waals surface area contributed by atoms with Crippen molar-refractivity contribution >= 4 is 15.9 Å². The highest BCUT2D eigenvalue weighted by Crippen LogP contribution is 2.29. The molecule has 0 radical (unpaired) electrons. The lowest BCUT2D eigenvalue weighted by Crippen LogP contribution is -2.20. The van der Waals surface area contributed by atoms with E-state index in [2.05, 4.69) is 66.2 Å². The molecule has 0 spiro atoms. The van der Waals surface area contributed by atoms with Crippen molar-refractivity contribution in [1.29, 1.82) is 0 Å². The first kappa shape index (κ1) is 17.5. The Kier molecular flexibility index (Phi) is 8.19. The molecule has 0 aromatic heterocycles. The Bertz CT molecular complexity index is 394. The minimum atomic E-state index is 0.659. The summed E-state index contributed by atoms with van der Waals surface area (Å²) in [4.78, 5) is 2.18. The highest BCUT2D eigenvalue weighted by Gasteiger charge is 2.08. The fourth-order valence-corrected chi connectivity index (χ4v) is 2.43. The topological polar surface area (TPSA) is 24.5 Å². The predicted molar refractivity (Wildman–Crippen MR) is 89.4 cm³/mol. The summed E-state index contributed by atoms with van der Waals surface area (Å²) in [6.45, 7) is 8.09. The normalized spacial score (nSPS) is 11.3. The van der Waals surface area contributed by atoms with Gasteiger partial charge in [-0.2, -0.15) is 0 Å². The monoisotopic (exact) mass is 342 g/mol. The molecule has 1 aromatic carbocycles. The SMILES string of the molecule is CC(C)CNCc1cccc(Br)c1OCCCN(C)C. The van der Waals surface area contributed by atoms with Gasteiger partial charge in [0.25, 0.3) is 0 Å². The Morgan fingerprint density at radius 3 is 2.70 bits per heavy atom. The van der Waals surface area contributed by atoms with Crippen LogP contribution in [0, 0.1) is 5.92 Å². The summed E-state index contributed by atoms with van der Waals surface area (Å²) in [6, 6.07) is 6.22. The van der Waals surface area contributed by atoms with Gasteiger partial charge in [0.2, 0.25) is 0 Å². The van der Waals surface area contributed by atoms with Crippen LogP contribution in [-0.2, 0) is 6.54 Å². The van der Waals surface area contributed by atoms with Crippen molar-refractivity contribution < 1.29 is 4.74 Å². The van der Waals surface area contributed by atoms with Crippen molar-refractivity contribution in [3.8, 4) is 5.75 Å². The lowest BCUT2D eigenvalue weighted by molar-refractivity contribution is 0.277. The molecule has 114 valence electrons. The third-order valence-corrected chi connectivity index (χ3v) is 3.54. The standard InChI is InChI=1S/C16H27BrN2O/c1-13(2)11-18-12-14-7-5-8-15(17)16(14)20-10-6-9-19(3)4/h5,7-8,13,18H,6,9-12H2,1-4H3. The minimum absolute atomic E-state index is 0.659. The molecule has 0 heterocycles. The van der Waals surface area contributed by atoms with Crippen LogP contribution < -0.4 is 10.1 Å². The van der Waals surface area contributed by atoms with E-state index in [0.717, 1.165) is 42.9 Å². The van der Waals surface area contributed by atoms with Gasteiger partial charge in [0.05, 0.1) is 11.1 Å². The molecule has 0 fully saturated rings. The van der Waals surface area contributed by atoms with Gasteiger partial charge in [-0.3, -0.25) is 0 Å². The second-order valence-corrected chi connectivity index (χ2v) is 6.61. The molecule has 0 atom stereocenters. The molecule has 0 bridgehead atoms. The number of benzene rings is 1. The molecule has 1 N–H and O–H groups in total. The highest BCUT2D eigenvalue weighted by molar-refractivity contribution is 9.10. The first-order valence-electron chi connectivity index (χ1n) is 7.26. The van der Waals surface area contributed by atoms with Gasteiger partial charge < -0.3 is 15.0 Å². The summed E-state index contributed by atoms with van der Waals surface area (Å²) in [5.74, 6) is 1.63. The van der Waals surface area contributed by atoms with Crippen LogP contribution in [0.1, 0.15) is 25.8 Å². The third-order valence-electron chi connectivity index (χ3n) is 2.91. The van der Waals surface area contributed by atoms with Crippen LogP contribution >= 0.6 is 15.9 Å². The number of nitrogens with zero attached hydrogens (tertiary/aromatic N) is 1. The maximum atomic E-state index is 5.96. The van der Waals surface area contributed by atoms with Gasteiger partial charge >= 0.3 is 0 Å². The Hall–Kier alpha value is -0.580. The average Bonchev–Trinajstić information content (AvgIpc) is 2.36. The van der Waals surface area contributed by atoms with Crippen LogP contribution in [0.5, 0.6) is 5.75 Å². The van der Waals surface area contributed by atoms with Gasteiger partial charge in [-0.05, 0) is 55.0 Å². The van der Waals surface area contributed by atoms with Gasteiger partial charge in [0.15, 0.2) is 0 Å². The molecule has 0 saturated carbocycles. The van der Waals surface area contributed by atoms with E-state index in [4.69, 9.17) is 4.74 Å². The Balaban J connectivity index is 2.54. The van der Waals surface area contributed by atoms with Crippen molar-refractivity contribution in [2.24, 2.45) is 5.92 Å². The summed E-state index contributed by atoms with van der Waals surface area (Å²) < 4.78 is 7.00. The van der Waals surface area contributed by atoms with Crippen molar-refractivity contribution in [2.75, 3.05) is 33.8 Å². The van der Waals surface area contributed by atoms with Crippen molar-refractivity contribution in [3.05, 3.63) is 28.2 Å². The number of rotatable bonds is 9. The van der Waals surface area contributed by atoms with E-state index in [0.29, 0.717) is 5.92 Å². The lowest BCUT2D eigenvalue weighted by Gasteiger charge is -2.15. The number of hydrogen-bond donors (Lipinski definition) is 1. The zero-order chi connectivity index (χ0) is 15.0. The molecule has 1 rings (SSSR count). The quantitative estimate of drug-likeness (QED) is 0.695. The zero-order valence-corrected chi connectivity index (χ0v) is 14.7. The van der Waals surface area contributed by atoms with E-state index in [-0.39, 0.29) is 0 Å². The fourth-order valence-electron chi connectivity index (χ4n) is 1.90. The highest BCUT2D eigenvalue weighted by atomic mass is 79.9. The minimum Gasteiger partial charge on any atom is -0.492 e. The number of hydrogen-bond acceptors (Lipinski definition) is 3. The average molecular weight is 343 g/mol. The molecule has 3 nitrogen and oxygen atoms in total. The van der Waals surface area contributed by atoms with Crippen LogP contribution in [0.4, 0.5) is 0 Å². The van der Waals surface area contributed by atoms with Crippen molar-refractivity contribution in [1.82, 2.24) is 10.2 Å². The van der Waals surface area contributed by atoms with E-state index in [1.54, 1.807) is 0 Å². The van der Waals surface area contributed by atoms with Gasteiger partial charge in [-0.25, -0.2) is 0 Å². The summed E-state index contributed by atoms with van der Waals surface area (Å²) in [5, 5.41) is 3.47. The number of halogens is 1. The van der Waals surface area contributed by atoms with Crippen LogP contribution in [0.15, 0.2) is 22.7 Å². The van der Waals surface area contributed by atoms with Gasteiger partial charge in [0.1, 0.15) is 5.75 Å². The summed E-state index contributed by atoms with van der Waals surface area (Å²) in [6.07, 6.45) is 1.03. The first-order valence-corrected chi connectivity index (χ1v) is 8.05. The molecule has 20 heavy (non-hydrogen) atoms. The molecule has 0 aliphatic rings. The molecule has 0 saturated heterocycles. The molecule has 0 unspecified atom stereocenters. The maximum Gasteiger partial charge on any atom is 0.137 e. The van der Waals surface area contributed by atoms with E-state index < -0.39 is 0 Å². The number of nitrogens with one attached hydrogen (secondary N) is 1. The second kappa shape index (κ2) is 9.37. The maximum absolute atomic E-state index is 5.96. The third kappa shape index (κ3) is 6.73. The van der Waals surface area contributed by atoms with Gasteiger partial charge in [0, 0.05) is 18.7 Å². The molecular formula is C16H27BrN2O. The van der Waals surface area contributed by atoms with E-state index in [1.807, 2.05) is 6.07 Å². The summed E-state index contributed by atoms with van der Waals surface area (Å²) >= 11 is 3.59. The smallest absolute Gasteiger partial charge is 0.137 e. The second-order valence-electron chi connectivity index (χ2n) is 5.76. The van der Waals surface area contributed by atoms with E-state index >= 15 is 0 Å². The fraction of sp³-hybridized carbons (Fsp3) is 0.625. The zero-order valence-electron chi connectivity index (χ0n) is 13.1. The molecule has 0 aliphatic heterocycles. The van der Waals surface area contributed by atoms with Crippen molar-refractivity contribution in [3.63, 3.8) is 0 Å². The van der Waals surface area contributed by atoms with E-state index in [9.17, 15) is 0 Å². The molecule has 0 aliphatic carbocycles. The van der Waals surface area contributed by atoms with Crippen LogP contribution in [0.2, 0.25) is 0 Å². The van der Waals surface area contributed by atoms with E-state index in [1.165, 1.54) is 5.56 Å². The van der Waals surface area contributed by atoms with Crippen LogP contribution in [-0.4, -0.2) is 38.7 Å². The van der Waals surface area contributed by atoms with Crippen LogP contribution in [0.3, 0.4) is 0 Å². The molecule has 4 heteroatoms.